The highest BCUT2D eigenvalue weighted by atomic mass is 35.7. The Labute approximate surface area is 104 Å². The lowest BCUT2D eigenvalue weighted by Crippen LogP contribution is -2.68. The van der Waals surface area contributed by atoms with Gasteiger partial charge >= 0.3 is 0 Å². The van der Waals surface area contributed by atoms with Gasteiger partial charge in [0.05, 0.1) is 6.61 Å². The zero-order chi connectivity index (χ0) is 14.1. The van der Waals surface area contributed by atoms with E-state index in [1.54, 1.807) is 0 Å². The molecule has 0 amide bonds. The van der Waals surface area contributed by atoms with Crippen LogP contribution in [0.2, 0.25) is 0 Å². The average Bonchev–Trinajstić information content (AvgIpc) is 1.97. The SMILES string of the molecule is CCO/C(C=[N+](C)C)=C\N(C)C.[O-][Cl+3]([O-])([O-])[O-]. The van der Waals surface area contributed by atoms with Gasteiger partial charge in [0, 0.05) is 20.3 Å². The molecule has 0 aliphatic rings. The second-order valence-corrected chi connectivity index (χ2v) is 4.15. The molecule has 0 aliphatic heterocycles. The van der Waals surface area contributed by atoms with Crippen molar-refractivity contribution in [3.8, 4) is 0 Å². The van der Waals surface area contributed by atoms with Gasteiger partial charge in [-0.1, -0.05) is 0 Å². The summed E-state index contributed by atoms with van der Waals surface area (Å²) in [4.78, 5) is 1.96. The Bertz CT molecular complexity index is 251. The fourth-order valence-electron chi connectivity index (χ4n) is 0.783. The molecule has 0 spiro atoms. The van der Waals surface area contributed by atoms with Crippen molar-refractivity contribution in [1.29, 1.82) is 0 Å². The molecule has 0 saturated heterocycles. The molecule has 102 valence electrons. The van der Waals surface area contributed by atoms with Gasteiger partial charge in [-0.2, -0.15) is 0 Å². The van der Waals surface area contributed by atoms with Gasteiger partial charge in [-0.3, -0.25) is 0 Å². The van der Waals surface area contributed by atoms with Gasteiger partial charge in [0.15, 0.2) is 5.76 Å². The summed E-state index contributed by atoms with van der Waals surface area (Å²) in [5, 5.41) is 0. The molecule has 0 aromatic rings. The molecule has 0 aromatic carbocycles. The fourth-order valence-corrected chi connectivity index (χ4v) is 0.783. The van der Waals surface area contributed by atoms with Crippen LogP contribution in [0.5, 0.6) is 0 Å². The van der Waals surface area contributed by atoms with E-state index in [0.29, 0.717) is 6.61 Å². The van der Waals surface area contributed by atoms with Crippen molar-refractivity contribution in [1.82, 2.24) is 4.90 Å². The molecule has 0 heterocycles. The van der Waals surface area contributed by atoms with Crippen molar-refractivity contribution < 1.29 is 38.2 Å². The highest BCUT2D eigenvalue weighted by Crippen LogP contribution is 1.94. The van der Waals surface area contributed by atoms with Crippen LogP contribution in [0.25, 0.3) is 0 Å². The van der Waals surface area contributed by atoms with Crippen LogP contribution in [0.3, 0.4) is 0 Å². The van der Waals surface area contributed by atoms with Gasteiger partial charge in [-0.05, 0) is 6.92 Å². The molecule has 0 fully saturated rings. The first kappa shape index (κ1) is 18.5. The molecule has 0 rings (SSSR count). The highest BCUT2D eigenvalue weighted by Gasteiger charge is 1.97. The monoisotopic (exact) mass is 270 g/mol. The van der Waals surface area contributed by atoms with E-state index in [0.717, 1.165) is 5.76 Å². The van der Waals surface area contributed by atoms with E-state index < -0.39 is 10.2 Å². The smallest absolute Gasteiger partial charge is 0.206 e. The van der Waals surface area contributed by atoms with Crippen LogP contribution in [0.4, 0.5) is 0 Å². The van der Waals surface area contributed by atoms with Gasteiger partial charge in [0.1, 0.15) is 14.1 Å². The van der Waals surface area contributed by atoms with E-state index >= 15 is 0 Å². The summed E-state index contributed by atoms with van der Waals surface area (Å²) in [5.41, 5.74) is 0. The Hall–Kier alpha value is -0.860. The maximum Gasteiger partial charge on any atom is 0.206 e. The van der Waals surface area contributed by atoms with Gasteiger partial charge in [0.2, 0.25) is 6.21 Å². The summed E-state index contributed by atoms with van der Waals surface area (Å²) in [7, 11) is 2.95. The Morgan fingerprint density at radius 1 is 1.24 bits per heavy atom. The first-order chi connectivity index (χ1) is 7.56. The first-order valence-corrected chi connectivity index (χ1v) is 5.93. The van der Waals surface area contributed by atoms with E-state index in [1.807, 2.05) is 57.0 Å². The fraction of sp³-hybridized carbons (Fsp3) is 0.667. The van der Waals surface area contributed by atoms with Crippen LogP contribution >= 0.6 is 0 Å². The standard InChI is InChI=1S/C9H19N2O.ClHO4/c1-6-12-9(7-10(2)3)8-11(4)5;2-1(3,4)5/h7-8H,6H2,1-5H3;(H,2,3,4,5)/q+1;/p-1. The quantitative estimate of drug-likeness (QED) is 0.293. The molecule has 0 atom stereocenters. The lowest BCUT2D eigenvalue weighted by molar-refractivity contribution is -2.00. The van der Waals surface area contributed by atoms with Crippen LogP contribution in [-0.2, 0) is 4.74 Å². The van der Waals surface area contributed by atoms with E-state index in [-0.39, 0.29) is 0 Å². The molecule has 7 nitrogen and oxygen atoms in total. The largest absolute Gasteiger partial charge is 0.487 e. The lowest BCUT2D eigenvalue weighted by atomic mass is 10.5. The normalized spacial score (nSPS) is 11.2. The molecule has 17 heavy (non-hydrogen) atoms. The van der Waals surface area contributed by atoms with Crippen molar-refractivity contribution in [2.75, 3.05) is 34.8 Å². The van der Waals surface area contributed by atoms with Crippen LogP contribution in [0.1, 0.15) is 6.92 Å². The van der Waals surface area contributed by atoms with Crippen molar-refractivity contribution in [3.05, 3.63) is 12.0 Å². The molecular weight excluding hydrogens is 252 g/mol. The summed E-state index contributed by atoms with van der Waals surface area (Å²) < 4.78 is 41.3. The van der Waals surface area contributed by atoms with Crippen molar-refractivity contribution in [3.63, 3.8) is 0 Å². The number of halogens is 1. The summed E-state index contributed by atoms with van der Waals surface area (Å²) in [6.07, 6.45) is 3.90. The molecule has 0 N–H and O–H groups in total. The minimum absolute atomic E-state index is 0.698. The van der Waals surface area contributed by atoms with Crippen molar-refractivity contribution >= 4 is 6.21 Å². The molecule has 0 bridgehead atoms. The van der Waals surface area contributed by atoms with Gasteiger partial charge < -0.3 is 9.64 Å². The van der Waals surface area contributed by atoms with Crippen LogP contribution < -0.4 is 18.6 Å². The number of rotatable bonds is 4. The zero-order valence-electron chi connectivity index (χ0n) is 10.7. The Kier molecular flexibility index (Phi) is 10.0. The minimum atomic E-state index is -4.94. The predicted octanol–water partition coefficient (Wildman–Crippen LogP) is -3.99. The lowest BCUT2D eigenvalue weighted by Gasteiger charge is -2.17. The maximum absolute atomic E-state index is 8.49. The summed E-state index contributed by atoms with van der Waals surface area (Å²) in [6, 6.07) is 0. The second kappa shape index (κ2) is 9.20. The average molecular weight is 271 g/mol. The number of hydrogen-bond donors (Lipinski definition) is 0. The Balaban J connectivity index is 0. The summed E-state index contributed by atoms with van der Waals surface area (Å²) in [6.45, 7) is 2.68. The van der Waals surface area contributed by atoms with Gasteiger partial charge in [-0.15, -0.1) is 10.2 Å². The highest BCUT2D eigenvalue weighted by molar-refractivity contribution is 5.71. The van der Waals surface area contributed by atoms with Crippen LogP contribution in [0.15, 0.2) is 12.0 Å². The third-order valence-electron chi connectivity index (χ3n) is 1.08. The Morgan fingerprint density at radius 3 is 1.88 bits per heavy atom. The Morgan fingerprint density at radius 2 is 1.65 bits per heavy atom. The molecule has 0 unspecified atom stereocenters. The molecule has 0 saturated carbocycles. The number of allylic oxidation sites excluding steroid dienone is 1. The van der Waals surface area contributed by atoms with Gasteiger partial charge in [0.25, 0.3) is 0 Å². The molecule has 0 aromatic heterocycles. The number of hydrogen-bond acceptors (Lipinski definition) is 6. The van der Waals surface area contributed by atoms with E-state index in [9.17, 15) is 0 Å². The third kappa shape index (κ3) is 25.4. The molecular formula is C9H19ClN2O5. The minimum Gasteiger partial charge on any atom is -0.487 e. The van der Waals surface area contributed by atoms with E-state index in [4.69, 9.17) is 23.4 Å². The van der Waals surface area contributed by atoms with Crippen molar-refractivity contribution in [2.24, 2.45) is 0 Å². The van der Waals surface area contributed by atoms with Crippen LogP contribution in [-0.4, -0.2) is 50.5 Å². The summed E-state index contributed by atoms with van der Waals surface area (Å²) >= 11 is 0. The predicted molar refractivity (Wildman–Crippen MR) is 51.6 cm³/mol. The third-order valence-corrected chi connectivity index (χ3v) is 1.08. The van der Waals surface area contributed by atoms with Gasteiger partial charge in [-0.25, -0.2) is 23.2 Å². The molecule has 0 radical (unpaired) electrons. The topological polar surface area (TPSA) is 108 Å². The second-order valence-electron chi connectivity index (χ2n) is 3.40. The number of ether oxygens (including phenoxy) is 1. The first-order valence-electron chi connectivity index (χ1n) is 4.70. The molecule has 0 aliphatic carbocycles. The zero-order valence-corrected chi connectivity index (χ0v) is 11.4. The maximum atomic E-state index is 8.49. The summed E-state index contributed by atoms with van der Waals surface area (Å²) in [5.74, 6) is 0.882. The van der Waals surface area contributed by atoms with E-state index in [2.05, 4.69) is 0 Å². The number of nitrogens with zero attached hydrogens (tertiary/aromatic N) is 2. The molecule has 8 heteroatoms. The van der Waals surface area contributed by atoms with Crippen molar-refractivity contribution in [2.45, 2.75) is 6.92 Å². The van der Waals surface area contributed by atoms with Crippen LogP contribution in [0, 0.1) is 10.2 Å². The van der Waals surface area contributed by atoms with E-state index in [1.165, 1.54) is 0 Å².